The number of aliphatic hydroxyl groups excluding tert-OH is 1. The molecule has 1 heterocycles. The highest BCUT2D eigenvalue weighted by Crippen LogP contribution is 2.01. The molecule has 1 aliphatic heterocycles. The SMILES string of the molecule is CC(C)(C)NC(=O)C=CCN1CCN(CCO)CC1. The fourth-order valence-corrected chi connectivity index (χ4v) is 2.06. The van der Waals surface area contributed by atoms with E-state index in [9.17, 15) is 4.79 Å². The van der Waals surface area contributed by atoms with Crippen LogP contribution >= 0.6 is 0 Å². The first-order chi connectivity index (χ1) is 8.90. The van der Waals surface area contributed by atoms with Crippen LogP contribution in [0.25, 0.3) is 0 Å². The number of rotatable bonds is 5. The minimum absolute atomic E-state index is 0.0357. The molecular formula is C14H27N3O2. The van der Waals surface area contributed by atoms with Crippen LogP contribution in [0.2, 0.25) is 0 Å². The summed E-state index contributed by atoms with van der Waals surface area (Å²) in [5.74, 6) is -0.0357. The lowest BCUT2D eigenvalue weighted by Gasteiger charge is -2.33. The van der Waals surface area contributed by atoms with Crippen molar-refractivity contribution in [2.75, 3.05) is 45.9 Å². The lowest BCUT2D eigenvalue weighted by molar-refractivity contribution is -0.117. The number of hydrogen-bond donors (Lipinski definition) is 2. The van der Waals surface area contributed by atoms with E-state index in [-0.39, 0.29) is 18.1 Å². The van der Waals surface area contributed by atoms with Crippen LogP contribution in [0.1, 0.15) is 20.8 Å². The zero-order valence-corrected chi connectivity index (χ0v) is 12.4. The molecule has 1 fully saturated rings. The van der Waals surface area contributed by atoms with Gasteiger partial charge in [-0.25, -0.2) is 0 Å². The number of piperazine rings is 1. The van der Waals surface area contributed by atoms with Gasteiger partial charge in [0.15, 0.2) is 0 Å². The average molecular weight is 269 g/mol. The van der Waals surface area contributed by atoms with Gasteiger partial charge in [-0.2, -0.15) is 0 Å². The van der Waals surface area contributed by atoms with Crippen LogP contribution in [0, 0.1) is 0 Å². The molecule has 2 N–H and O–H groups in total. The predicted octanol–water partition coefficient (Wildman–Crippen LogP) is 0.0672. The third kappa shape index (κ3) is 7.30. The molecule has 5 heteroatoms. The minimum atomic E-state index is -0.183. The standard InChI is InChI=1S/C14H27N3O2/c1-14(2,3)15-13(19)5-4-6-16-7-9-17(10-8-16)11-12-18/h4-5,18H,6-12H2,1-3H3,(H,15,19). The van der Waals surface area contributed by atoms with Crippen molar-refractivity contribution >= 4 is 5.91 Å². The summed E-state index contributed by atoms with van der Waals surface area (Å²) in [5.41, 5.74) is -0.183. The van der Waals surface area contributed by atoms with Crippen LogP contribution < -0.4 is 5.32 Å². The molecule has 0 aromatic heterocycles. The normalized spacial score (nSPS) is 18.9. The Morgan fingerprint density at radius 3 is 2.32 bits per heavy atom. The molecular weight excluding hydrogens is 242 g/mol. The van der Waals surface area contributed by atoms with Crippen LogP contribution in [-0.2, 0) is 4.79 Å². The van der Waals surface area contributed by atoms with Crippen molar-refractivity contribution < 1.29 is 9.90 Å². The van der Waals surface area contributed by atoms with Gasteiger partial charge in [0.2, 0.25) is 5.91 Å². The van der Waals surface area contributed by atoms with Crippen LogP contribution in [0.4, 0.5) is 0 Å². The number of carbonyl (C=O) groups is 1. The molecule has 1 amide bonds. The molecule has 5 nitrogen and oxygen atoms in total. The zero-order valence-electron chi connectivity index (χ0n) is 12.4. The molecule has 0 bridgehead atoms. The fraction of sp³-hybridized carbons (Fsp3) is 0.786. The van der Waals surface area contributed by atoms with Gasteiger partial charge in [-0.15, -0.1) is 0 Å². The van der Waals surface area contributed by atoms with Gasteiger partial charge in [0, 0.05) is 50.9 Å². The van der Waals surface area contributed by atoms with E-state index < -0.39 is 0 Å². The van der Waals surface area contributed by atoms with Gasteiger partial charge < -0.3 is 10.4 Å². The van der Waals surface area contributed by atoms with E-state index in [0.29, 0.717) is 0 Å². The Kier molecular flexibility index (Phi) is 6.48. The maximum Gasteiger partial charge on any atom is 0.244 e. The second kappa shape index (κ2) is 7.62. The monoisotopic (exact) mass is 269 g/mol. The summed E-state index contributed by atoms with van der Waals surface area (Å²) in [7, 11) is 0. The number of amides is 1. The molecule has 1 saturated heterocycles. The lowest BCUT2D eigenvalue weighted by Crippen LogP contribution is -2.47. The van der Waals surface area contributed by atoms with E-state index in [0.717, 1.165) is 39.3 Å². The molecule has 1 aliphatic rings. The molecule has 0 atom stereocenters. The van der Waals surface area contributed by atoms with Crippen molar-refractivity contribution in [3.8, 4) is 0 Å². The summed E-state index contributed by atoms with van der Waals surface area (Å²) in [6.07, 6.45) is 3.54. The van der Waals surface area contributed by atoms with Gasteiger partial charge in [0.05, 0.1) is 6.61 Å². The third-order valence-electron chi connectivity index (χ3n) is 3.01. The highest BCUT2D eigenvalue weighted by molar-refractivity contribution is 5.87. The largest absolute Gasteiger partial charge is 0.395 e. The smallest absolute Gasteiger partial charge is 0.244 e. The topological polar surface area (TPSA) is 55.8 Å². The van der Waals surface area contributed by atoms with Crippen LogP contribution in [-0.4, -0.2) is 72.2 Å². The van der Waals surface area contributed by atoms with Crippen LogP contribution in [0.5, 0.6) is 0 Å². The summed E-state index contributed by atoms with van der Waals surface area (Å²) in [6.45, 7) is 11.7. The molecule has 0 aromatic carbocycles. The van der Waals surface area contributed by atoms with Gasteiger partial charge >= 0.3 is 0 Å². The second-order valence-corrected chi connectivity index (χ2v) is 6.01. The summed E-state index contributed by atoms with van der Waals surface area (Å²) in [4.78, 5) is 16.2. The van der Waals surface area contributed by atoms with Gasteiger partial charge in [-0.3, -0.25) is 14.6 Å². The number of nitrogens with zero attached hydrogens (tertiary/aromatic N) is 2. The van der Waals surface area contributed by atoms with Crippen molar-refractivity contribution in [1.29, 1.82) is 0 Å². The van der Waals surface area contributed by atoms with Crippen molar-refractivity contribution in [1.82, 2.24) is 15.1 Å². The maximum atomic E-state index is 11.6. The highest BCUT2D eigenvalue weighted by atomic mass is 16.3. The number of hydrogen-bond acceptors (Lipinski definition) is 4. The highest BCUT2D eigenvalue weighted by Gasteiger charge is 2.15. The summed E-state index contributed by atoms with van der Waals surface area (Å²) in [5, 5.41) is 11.8. The minimum Gasteiger partial charge on any atom is -0.395 e. The van der Waals surface area contributed by atoms with Crippen LogP contribution in [0.15, 0.2) is 12.2 Å². The first-order valence-electron chi connectivity index (χ1n) is 6.95. The van der Waals surface area contributed by atoms with Crippen molar-refractivity contribution in [3.05, 3.63) is 12.2 Å². The summed E-state index contributed by atoms with van der Waals surface area (Å²) >= 11 is 0. The Morgan fingerprint density at radius 1 is 1.21 bits per heavy atom. The van der Waals surface area contributed by atoms with Crippen molar-refractivity contribution in [2.45, 2.75) is 26.3 Å². The average Bonchev–Trinajstić information content (AvgIpc) is 2.29. The Labute approximate surface area is 116 Å². The molecule has 0 saturated carbocycles. The van der Waals surface area contributed by atoms with Crippen LogP contribution in [0.3, 0.4) is 0 Å². The molecule has 0 aromatic rings. The summed E-state index contributed by atoms with van der Waals surface area (Å²) in [6, 6.07) is 0. The molecule has 19 heavy (non-hydrogen) atoms. The number of nitrogens with one attached hydrogen (secondary N) is 1. The maximum absolute atomic E-state index is 11.6. The van der Waals surface area contributed by atoms with Crippen molar-refractivity contribution in [2.24, 2.45) is 0 Å². The summed E-state index contributed by atoms with van der Waals surface area (Å²) < 4.78 is 0. The van der Waals surface area contributed by atoms with Gasteiger partial charge in [-0.1, -0.05) is 6.08 Å². The van der Waals surface area contributed by atoms with E-state index in [1.165, 1.54) is 0 Å². The molecule has 110 valence electrons. The first-order valence-corrected chi connectivity index (χ1v) is 6.95. The second-order valence-electron chi connectivity index (χ2n) is 6.01. The predicted molar refractivity (Wildman–Crippen MR) is 77.0 cm³/mol. The quantitative estimate of drug-likeness (QED) is 0.693. The van der Waals surface area contributed by atoms with E-state index in [1.807, 2.05) is 26.8 Å². The molecule has 0 unspecified atom stereocenters. The Bertz CT molecular complexity index is 302. The van der Waals surface area contributed by atoms with Gasteiger partial charge in [0.1, 0.15) is 0 Å². The van der Waals surface area contributed by atoms with E-state index in [2.05, 4.69) is 15.1 Å². The number of aliphatic hydroxyl groups is 1. The first kappa shape index (κ1) is 16.1. The fourth-order valence-electron chi connectivity index (χ4n) is 2.06. The molecule has 0 spiro atoms. The van der Waals surface area contributed by atoms with E-state index in [1.54, 1.807) is 6.08 Å². The van der Waals surface area contributed by atoms with Crippen molar-refractivity contribution in [3.63, 3.8) is 0 Å². The number of β-amino-alcohol motifs (C(OH)–C–C–N with tert-alkyl or cyclic N) is 1. The van der Waals surface area contributed by atoms with E-state index >= 15 is 0 Å². The number of carbonyl (C=O) groups excluding carboxylic acids is 1. The van der Waals surface area contributed by atoms with Gasteiger partial charge in [0.25, 0.3) is 0 Å². The lowest BCUT2D eigenvalue weighted by atomic mass is 10.1. The molecule has 1 rings (SSSR count). The third-order valence-corrected chi connectivity index (χ3v) is 3.01. The van der Waals surface area contributed by atoms with Gasteiger partial charge in [-0.05, 0) is 20.8 Å². The Balaban J connectivity index is 2.21. The molecule has 0 radical (unpaired) electrons. The zero-order chi connectivity index (χ0) is 14.3. The Hall–Kier alpha value is -0.910. The molecule has 0 aliphatic carbocycles. The van der Waals surface area contributed by atoms with E-state index in [4.69, 9.17) is 5.11 Å². The Morgan fingerprint density at radius 2 is 1.79 bits per heavy atom.